The first-order valence-corrected chi connectivity index (χ1v) is 7.14. The summed E-state index contributed by atoms with van der Waals surface area (Å²) in [5.41, 5.74) is 5.58. The predicted molar refractivity (Wildman–Crippen MR) is 68.1 cm³/mol. The van der Waals surface area contributed by atoms with Gasteiger partial charge in [-0.25, -0.2) is 0 Å². The third-order valence-corrected chi connectivity index (χ3v) is 3.05. The Kier molecular flexibility index (Phi) is 10.2. The Hall–Kier alpha value is -0.220. The summed E-state index contributed by atoms with van der Waals surface area (Å²) in [6.07, 6.45) is 7.64. The molecule has 15 heavy (non-hydrogen) atoms. The van der Waals surface area contributed by atoms with Crippen molar-refractivity contribution in [1.82, 2.24) is 5.32 Å². The molecule has 3 nitrogen and oxygen atoms in total. The van der Waals surface area contributed by atoms with E-state index in [0.29, 0.717) is 6.42 Å². The number of carbonyl (C=O) groups excluding carboxylic acids is 1. The number of nitrogens with one attached hydrogen (secondary N) is 1. The molecular formula is C11H24N2OS. The Morgan fingerprint density at radius 1 is 1.33 bits per heavy atom. The molecule has 0 saturated heterocycles. The summed E-state index contributed by atoms with van der Waals surface area (Å²) in [6, 6.07) is -0.332. The van der Waals surface area contributed by atoms with Gasteiger partial charge in [0.2, 0.25) is 5.91 Å². The molecule has 0 aliphatic heterocycles. The minimum atomic E-state index is -0.332. The fourth-order valence-corrected chi connectivity index (χ4v) is 1.75. The SMILES string of the molecule is CCC(N)C(=O)NCCCCCCSC. The van der Waals surface area contributed by atoms with Gasteiger partial charge in [-0.3, -0.25) is 4.79 Å². The maximum absolute atomic E-state index is 11.3. The summed E-state index contributed by atoms with van der Waals surface area (Å²) in [7, 11) is 0. The van der Waals surface area contributed by atoms with Crippen LogP contribution in [0.3, 0.4) is 0 Å². The molecule has 4 heteroatoms. The summed E-state index contributed by atoms with van der Waals surface area (Å²) < 4.78 is 0. The van der Waals surface area contributed by atoms with Crippen molar-refractivity contribution in [3.05, 3.63) is 0 Å². The van der Waals surface area contributed by atoms with Crippen LogP contribution >= 0.6 is 11.8 Å². The highest BCUT2D eigenvalue weighted by atomic mass is 32.2. The van der Waals surface area contributed by atoms with Gasteiger partial charge in [0.25, 0.3) is 0 Å². The molecule has 0 aromatic heterocycles. The first-order chi connectivity index (χ1) is 7.22. The number of amides is 1. The smallest absolute Gasteiger partial charge is 0.236 e. The van der Waals surface area contributed by atoms with Gasteiger partial charge in [-0.2, -0.15) is 11.8 Å². The zero-order valence-corrected chi connectivity index (χ0v) is 10.7. The van der Waals surface area contributed by atoms with Gasteiger partial charge in [0, 0.05) is 6.54 Å². The van der Waals surface area contributed by atoms with Gasteiger partial charge >= 0.3 is 0 Å². The van der Waals surface area contributed by atoms with Crippen LogP contribution in [0.5, 0.6) is 0 Å². The first kappa shape index (κ1) is 14.8. The number of carbonyl (C=O) groups is 1. The summed E-state index contributed by atoms with van der Waals surface area (Å²) in [5.74, 6) is 1.23. The summed E-state index contributed by atoms with van der Waals surface area (Å²) in [5, 5.41) is 2.86. The molecule has 1 unspecified atom stereocenters. The van der Waals surface area contributed by atoms with Crippen LogP contribution in [0.1, 0.15) is 39.0 Å². The molecule has 0 fully saturated rings. The van der Waals surface area contributed by atoms with Crippen LogP contribution in [0.15, 0.2) is 0 Å². The van der Waals surface area contributed by atoms with Crippen molar-refractivity contribution in [2.24, 2.45) is 5.73 Å². The normalized spacial score (nSPS) is 12.5. The molecule has 0 aliphatic rings. The van der Waals surface area contributed by atoms with Gasteiger partial charge in [0.05, 0.1) is 6.04 Å². The fourth-order valence-electron chi connectivity index (χ4n) is 1.25. The molecule has 0 rings (SSSR count). The second-order valence-corrected chi connectivity index (χ2v) is 4.70. The van der Waals surface area contributed by atoms with E-state index in [1.807, 2.05) is 18.7 Å². The number of thioether (sulfide) groups is 1. The Bertz CT molecular complexity index is 165. The second kappa shape index (κ2) is 10.3. The van der Waals surface area contributed by atoms with Gasteiger partial charge in [-0.05, 0) is 31.3 Å². The lowest BCUT2D eigenvalue weighted by atomic mass is 10.2. The molecule has 3 N–H and O–H groups in total. The van der Waals surface area contributed by atoms with Gasteiger partial charge < -0.3 is 11.1 Å². The van der Waals surface area contributed by atoms with Crippen molar-refractivity contribution in [3.63, 3.8) is 0 Å². The van der Waals surface area contributed by atoms with Crippen molar-refractivity contribution in [2.75, 3.05) is 18.6 Å². The van der Waals surface area contributed by atoms with Crippen molar-refractivity contribution >= 4 is 17.7 Å². The minimum Gasteiger partial charge on any atom is -0.355 e. The van der Waals surface area contributed by atoms with Crippen molar-refractivity contribution in [2.45, 2.75) is 45.1 Å². The maximum atomic E-state index is 11.3. The van der Waals surface area contributed by atoms with E-state index in [1.165, 1.54) is 25.0 Å². The van der Waals surface area contributed by atoms with E-state index in [-0.39, 0.29) is 11.9 Å². The summed E-state index contributed by atoms with van der Waals surface area (Å²) in [4.78, 5) is 11.3. The molecule has 0 bridgehead atoms. The number of unbranched alkanes of at least 4 members (excludes halogenated alkanes) is 3. The highest BCUT2D eigenvalue weighted by molar-refractivity contribution is 7.98. The van der Waals surface area contributed by atoms with E-state index in [1.54, 1.807) is 0 Å². The Morgan fingerprint density at radius 3 is 2.60 bits per heavy atom. The zero-order valence-electron chi connectivity index (χ0n) is 9.92. The average molecular weight is 232 g/mol. The number of hydrogen-bond donors (Lipinski definition) is 2. The molecule has 0 aromatic rings. The quantitative estimate of drug-likeness (QED) is 0.596. The Morgan fingerprint density at radius 2 is 2.00 bits per heavy atom. The molecular weight excluding hydrogens is 208 g/mol. The Balaban J connectivity index is 3.20. The van der Waals surface area contributed by atoms with E-state index in [0.717, 1.165) is 13.0 Å². The van der Waals surface area contributed by atoms with Crippen LogP contribution in [0.2, 0.25) is 0 Å². The van der Waals surface area contributed by atoms with Gasteiger partial charge in [0.1, 0.15) is 0 Å². The average Bonchev–Trinajstić information content (AvgIpc) is 2.26. The number of rotatable bonds is 9. The third kappa shape index (κ3) is 8.75. The Labute approximate surface area is 97.6 Å². The van der Waals surface area contributed by atoms with Crippen molar-refractivity contribution in [1.29, 1.82) is 0 Å². The largest absolute Gasteiger partial charge is 0.355 e. The third-order valence-electron chi connectivity index (χ3n) is 2.35. The lowest BCUT2D eigenvalue weighted by molar-refractivity contribution is -0.122. The maximum Gasteiger partial charge on any atom is 0.236 e. The molecule has 0 radical (unpaired) electrons. The molecule has 0 aliphatic carbocycles. The van der Waals surface area contributed by atoms with E-state index >= 15 is 0 Å². The van der Waals surface area contributed by atoms with Crippen LogP contribution in [-0.4, -0.2) is 30.5 Å². The van der Waals surface area contributed by atoms with Crippen LogP contribution in [0, 0.1) is 0 Å². The first-order valence-electron chi connectivity index (χ1n) is 5.74. The summed E-state index contributed by atoms with van der Waals surface area (Å²) >= 11 is 1.89. The number of hydrogen-bond acceptors (Lipinski definition) is 3. The topological polar surface area (TPSA) is 55.1 Å². The molecule has 1 atom stereocenters. The van der Waals surface area contributed by atoms with Gasteiger partial charge in [-0.1, -0.05) is 19.8 Å². The molecule has 0 saturated carbocycles. The summed E-state index contributed by atoms with van der Waals surface area (Å²) in [6.45, 7) is 2.69. The zero-order chi connectivity index (χ0) is 11.5. The highest BCUT2D eigenvalue weighted by Crippen LogP contribution is 2.03. The van der Waals surface area contributed by atoms with Crippen LogP contribution < -0.4 is 11.1 Å². The highest BCUT2D eigenvalue weighted by Gasteiger charge is 2.08. The van der Waals surface area contributed by atoms with Crippen molar-refractivity contribution in [3.8, 4) is 0 Å². The van der Waals surface area contributed by atoms with Crippen LogP contribution in [-0.2, 0) is 4.79 Å². The van der Waals surface area contributed by atoms with E-state index in [4.69, 9.17) is 5.73 Å². The van der Waals surface area contributed by atoms with Crippen LogP contribution in [0.4, 0.5) is 0 Å². The lowest BCUT2D eigenvalue weighted by Crippen LogP contribution is -2.40. The van der Waals surface area contributed by atoms with Gasteiger partial charge in [-0.15, -0.1) is 0 Å². The predicted octanol–water partition coefficient (Wildman–Crippen LogP) is 1.76. The monoisotopic (exact) mass is 232 g/mol. The van der Waals surface area contributed by atoms with E-state index < -0.39 is 0 Å². The van der Waals surface area contributed by atoms with E-state index in [2.05, 4.69) is 11.6 Å². The molecule has 0 heterocycles. The molecule has 0 spiro atoms. The number of nitrogens with two attached hydrogens (primary N) is 1. The second-order valence-electron chi connectivity index (χ2n) is 3.71. The molecule has 90 valence electrons. The molecule has 0 aromatic carbocycles. The van der Waals surface area contributed by atoms with Gasteiger partial charge in [0.15, 0.2) is 0 Å². The standard InChI is InChI=1S/C11H24N2OS/c1-3-10(12)11(14)13-8-6-4-5-7-9-15-2/h10H,3-9,12H2,1-2H3,(H,13,14). The molecule has 1 amide bonds. The lowest BCUT2D eigenvalue weighted by Gasteiger charge is -2.09. The van der Waals surface area contributed by atoms with Crippen LogP contribution in [0.25, 0.3) is 0 Å². The fraction of sp³-hybridized carbons (Fsp3) is 0.909. The van der Waals surface area contributed by atoms with Crippen molar-refractivity contribution < 1.29 is 4.79 Å². The minimum absolute atomic E-state index is 0.0124. The van der Waals surface area contributed by atoms with E-state index in [9.17, 15) is 4.79 Å².